The monoisotopic (exact) mass is 400 g/mol. The molecule has 0 spiro atoms. The van der Waals surface area contributed by atoms with E-state index in [0.717, 1.165) is 11.1 Å². The van der Waals surface area contributed by atoms with Gasteiger partial charge >= 0.3 is 12.1 Å². The zero-order chi connectivity index (χ0) is 21.3. The van der Waals surface area contributed by atoms with Gasteiger partial charge < -0.3 is 19.6 Å². The van der Waals surface area contributed by atoms with Gasteiger partial charge in [-0.15, -0.1) is 0 Å². The number of amides is 1. The predicted molar refractivity (Wildman–Crippen MR) is 109 cm³/mol. The Balaban J connectivity index is 2.20. The summed E-state index contributed by atoms with van der Waals surface area (Å²) in [5.41, 5.74) is 0.941. The Kier molecular flexibility index (Phi) is 8.18. The van der Waals surface area contributed by atoms with Crippen LogP contribution in [0.1, 0.15) is 44.4 Å². The summed E-state index contributed by atoms with van der Waals surface area (Å²) in [6.07, 6.45) is -1.19. The predicted octanol–water partition coefficient (Wildman–Crippen LogP) is 3.49. The van der Waals surface area contributed by atoms with Crippen molar-refractivity contribution < 1.29 is 23.9 Å². The van der Waals surface area contributed by atoms with Crippen LogP contribution in [0.5, 0.6) is 0 Å². The Morgan fingerprint density at radius 1 is 0.966 bits per heavy atom. The standard InChI is InChI=1S/C22H28N2O5/c1-22(2,3)29-21(26)24-18(14-15-27-23)20(25)28-19(16-10-6-4-7-11-16)17-12-8-5-9-13-17/h4-13,18-19H,14-15,23H2,1-3H3,(H,24,26)/t18-/m0/s1. The first kappa shape index (κ1) is 22.4. The number of hydrogen-bond donors (Lipinski definition) is 2. The van der Waals surface area contributed by atoms with E-state index in [1.165, 1.54) is 0 Å². The van der Waals surface area contributed by atoms with Gasteiger partial charge in [-0.25, -0.2) is 15.5 Å². The summed E-state index contributed by atoms with van der Waals surface area (Å²) in [6, 6.07) is 17.8. The van der Waals surface area contributed by atoms with Crippen LogP contribution in [0.2, 0.25) is 0 Å². The highest BCUT2D eigenvalue weighted by molar-refractivity contribution is 5.81. The fraction of sp³-hybridized carbons (Fsp3) is 0.364. The summed E-state index contributed by atoms with van der Waals surface area (Å²) < 4.78 is 11.0. The molecule has 2 aromatic rings. The molecule has 2 rings (SSSR count). The molecule has 1 amide bonds. The molecule has 0 fully saturated rings. The molecule has 2 aromatic carbocycles. The van der Waals surface area contributed by atoms with E-state index < -0.39 is 29.8 Å². The van der Waals surface area contributed by atoms with Crippen molar-refractivity contribution in [3.8, 4) is 0 Å². The van der Waals surface area contributed by atoms with Crippen molar-refractivity contribution in [3.05, 3.63) is 71.8 Å². The third-order valence-corrected chi connectivity index (χ3v) is 3.94. The fourth-order valence-electron chi connectivity index (χ4n) is 2.67. The maximum atomic E-state index is 12.9. The molecule has 0 radical (unpaired) electrons. The Bertz CT molecular complexity index is 735. The highest BCUT2D eigenvalue weighted by Crippen LogP contribution is 2.26. The van der Waals surface area contributed by atoms with Gasteiger partial charge in [-0.3, -0.25) is 0 Å². The number of rotatable bonds is 8. The molecule has 0 saturated heterocycles. The topological polar surface area (TPSA) is 99.9 Å². The summed E-state index contributed by atoms with van der Waals surface area (Å²) >= 11 is 0. The minimum atomic E-state index is -0.969. The summed E-state index contributed by atoms with van der Waals surface area (Å²) in [7, 11) is 0. The molecular weight excluding hydrogens is 372 g/mol. The highest BCUT2D eigenvalue weighted by Gasteiger charge is 2.28. The lowest BCUT2D eigenvalue weighted by Gasteiger charge is -2.25. The molecule has 1 atom stereocenters. The van der Waals surface area contributed by atoms with Crippen molar-refractivity contribution in [2.24, 2.45) is 5.90 Å². The largest absolute Gasteiger partial charge is 0.451 e. The van der Waals surface area contributed by atoms with Gasteiger partial charge in [0.25, 0.3) is 0 Å². The Morgan fingerprint density at radius 2 is 1.48 bits per heavy atom. The minimum absolute atomic E-state index is 0.0664. The number of ether oxygens (including phenoxy) is 2. The Morgan fingerprint density at radius 3 is 1.93 bits per heavy atom. The zero-order valence-electron chi connectivity index (χ0n) is 17.0. The van der Waals surface area contributed by atoms with E-state index in [1.807, 2.05) is 60.7 Å². The first-order chi connectivity index (χ1) is 13.8. The molecule has 156 valence electrons. The van der Waals surface area contributed by atoms with Crippen LogP contribution >= 0.6 is 0 Å². The van der Waals surface area contributed by atoms with Crippen LogP contribution in [0.15, 0.2) is 60.7 Å². The van der Waals surface area contributed by atoms with Crippen LogP contribution in [0, 0.1) is 0 Å². The molecule has 0 saturated carbocycles. The minimum Gasteiger partial charge on any atom is -0.451 e. The Hall–Kier alpha value is -2.90. The van der Waals surface area contributed by atoms with Crippen LogP contribution < -0.4 is 11.2 Å². The molecular formula is C22H28N2O5. The second-order valence-electron chi connectivity index (χ2n) is 7.50. The van der Waals surface area contributed by atoms with Crippen LogP contribution in [0.4, 0.5) is 4.79 Å². The van der Waals surface area contributed by atoms with E-state index in [9.17, 15) is 9.59 Å². The summed E-state index contributed by atoms with van der Waals surface area (Å²) in [5, 5.41) is 2.55. The maximum Gasteiger partial charge on any atom is 0.408 e. The summed E-state index contributed by atoms with van der Waals surface area (Å²) in [6.45, 7) is 5.29. The van der Waals surface area contributed by atoms with Crippen molar-refractivity contribution in [1.29, 1.82) is 0 Å². The van der Waals surface area contributed by atoms with Crippen molar-refractivity contribution >= 4 is 12.1 Å². The molecule has 0 aliphatic heterocycles. The van der Waals surface area contributed by atoms with Crippen LogP contribution in [0.3, 0.4) is 0 Å². The molecule has 0 aromatic heterocycles. The number of carbonyl (C=O) groups is 2. The van der Waals surface area contributed by atoms with Crippen LogP contribution in [0.25, 0.3) is 0 Å². The first-order valence-corrected chi connectivity index (χ1v) is 9.42. The molecule has 0 bridgehead atoms. The molecule has 0 heterocycles. The highest BCUT2D eigenvalue weighted by atomic mass is 16.6. The molecule has 0 aliphatic carbocycles. The van der Waals surface area contributed by atoms with E-state index >= 15 is 0 Å². The smallest absolute Gasteiger partial charge is 0.408 e. The third kappa shape index (κ3) is 7.56. The quantitative estimate of drug-likeness (QED) is 0.520. The number of alkyl carbamates (subject to hydrolysis) is 1. The van der Waals surface area contributed by atoms with E-state index in [2.05, 4.69) is 10.2 Å². The van der Waals surface area contributed by atoms with Gasteiger partial charge in [-0.1, -0.05) is 60.7 Å². The molecule has 29 heavy (non-hydrogen) atoms. The van der Waals surface area contributed by atoms with Crippen LogP contribution in [-0.2, 0) is 19.1 Å². The SMILES string of the molecule is CC(C)(C)OC(=O)N[C@@H](CCON)C(=O)OC(c1ccccc1)c1ccccc1. The number of nitrogens with one attached hydrogen (secondary N) is 1. The van der Waals surface area contributed by atoms with Crippen molar-refractivity contribution in [1.82, 2.24) is 5.32 Å². The van der Waals surface area contributed by atoms with Crippen molar-refractivity contribution in [3.63, 3.8) is 0 Å². The second kappa shape index (κ2) is 10.6. The van der Waals surface area contributed by atoms with E-state index in [-0.39, 0.29) is 13.0 Å². The zero-order valence-corrected chi connectivity index (χ0v) is 17.0. The molecule has 0 aliphatic rings. The van der Waals surface area contributed by atoms with E-state index in [0.29, 0.717) is 0 Å². The van der Waals surface area contributed by atoms with Crippen molar-refractivity contribution in [2.45, 2.75) is 44.9 Å². The van der Waals surface area contributed by atoms with Crippen molar-refractivity contribution in [2.75, 3.05) is 6.61 Å². The average molecular weight is 400 g/mol. The molecule has 0 unspecified atom stereocenters. The second-order valence-corrected chi connectivity index (χ2v) is 7.50. The number of hydrogen-bond acceptors (Lipinski definition) is 6. The lowest BCUT2D eigenvalue weighted by molar-refractivity contribution is -0.150. The number of benzene rings is 2. The van der Waals surface area contributed by atoms with Gasteiger partial charge in [-0.2, -0.15) is 0 Å². The van der Waals surface area contributed by atoms with Gasteiger partial charge in [0.2, 0.25) is 0 Å². The average Bonchev–Trinajstić information content (AvgIpc) is 2.69. The maximum absolute atomic E-state index is 12.9. The number of carbonyl (C=O) groups excluding carboxylic acids is 2. The molecule has 7 nitrogen and oxygen atoms in total. The number of nitrogens with two attached hydrogens (primary N) is 1. The van der Waals surface area contributed by atoms with Gasteiger partial charge in [0.15, 0.2) is 6.10 Å². The first-order valence-electron chi connectivity index (χ1n) is 9.42. The molecule has 3 N–H and O–H groups in total. The fourth-order valence-corrected chi connectivity index (χ4v) is 2.67. The van der Waals surface area contributed by atoms with E-state index in [4.69, 9.17) is 15.4 Å². The summed E-state index contributed by atoms with van der Waals surface area (Å²) in [5.74, 6) is 4.49. The normalized spacial score (nSPS) is 12.3. The van der Waals surface area contributed by atoms with E-state index in [1.54, 1.807) is 20.8 Å². The van der Waals surface area contributed by atoms with Crippen LogP contribution in [-0.4, -0.2) is 30.3 Å². The third-order valence-electron chi connectivity index (χ3n) is 3.94. The Labute approximate surface area is 171 Å². The number of esters is 1. The van der Waals surface area contributed by atoms with Gasteiger partial charge in [-0.05, 0) is 31.9 Å². The molecule has 7 heteroatoms. The van der Waals surface area contributed by atoms with Gasteiger partial charge in [0.1, 0.15) is 11.6 Å². The summed E-state index contributed by atoms with van der Waals surface area (Å²) in [4.78, 5) is 29.6. The lowest BCUT2D eigenvalue weighted by atomic mass is 10.0. The lowest BCUT2D eigenvalue weighted by Crippen LogP contribution is -2.45. The van der Waals surface area contributed by atoms with Gasteiger partial charge in [0.05, 0.1) is 6.61 Å². The van der Waals surface area contributed by atoms with Gasteiger partial charge in [0, 0.05) is 6.42 Å².